The highest BCUT2D eigenvalue weighted by Crippen LogP contribution is 2.27. The second kappa shape index (κ2) is 7.41. The van der Waals surface area contributed by atoms with Gasteiger partial charge in [-0.3, -0.25) is 4.79 Å². The van der Waals surface area contributed by atoms with E-state index in [9.17, 15) is 9.18 Å². The molecule has 122 valence electrons. The van der Waals surface area contributed by atoms with Crippen molar-refractivity contribution in [3.63, 3.8) is 0 Å². The van der Waals surface area contributed by atoms with E-state index in [-0.39, 0.29) is 11.9 Å². The van der Waals surface area contributed by atoms with Crippen LogP contribution in [-0.2, 0) is 6.42 Å². The SMILES string of the molecule is CCc1ccc([C@H](NC(=O)c2cccc(F)c2)c2cccs2)cc1. The van der Waals surface area contributed by atoms with Gasteiger partial charge in [0.25, 0.3) is 5.91 Å². The zero-order valence-electron chi connectivity index (χ0n) is 13.3. The Kier molecular flexibility index (Phi) is 5.06. The molecule has 0 spiro atoms. The molecule has 24 heavy (non-hydrogen) atoms. The predicted molar refractivity (Wildman–Crippen MR) is 95.8 cm³/mol. The number of thiophene rings is 1. The third kappa shape index (κ3) is 3.71. The highest BCUT2D eigenvalue weighted by molar-refractivity contribution is 7.10. The summed E-state index contributed by atoms with van der Waals surface area (Å²) >= 11 is 1.59. The van der Waals surface area contributed by atoms with E-state index in [0.29, 0.717) is 5.56 Å². The van der Waals surface area contributed by atoms with Crippen LogP contribution in [-0.4, -0.2) is 5.91 Å². The van der Waals surface area contributed by atoms with Gasteiger partial charge in [-0.1, -0.05) is 43.3 Å². The van der Waals surface area contributed by atoms with E-state index in [1.54, 1.807) is 23.5 Å². The Hall–Kier alpha value is -2.46. The summed E-state index contributed by atoms with van der Waals surface area (Å²) in [4.78, 5) is 13.6. The molecule has 3 rings (SSSR count). The minimum Gasteiger partial charge on any atom is -0.340 e. The Bertz CT molecular complexity index is 812. The molecule has 4 heteroatoms. The molecule has 3 aromatic rings. The van der Waals surface area contributed by atoms with Gasteiger partial charge >= 0.3 is 0 Å². The van der Waals surface area contributed by atoms with Crippen molar-refractivity contribution in [3.05, 3.63) is 93.4 Å². The van der Waals surface area contributed by atoms with Crippen LogP contribution in [0.4, 0.5) is 4.39 Å². The van der Waals surface area contributed by atoms with Gasteiger partial charge in [0, 0.05) is 10.4 Å². The van der Waals surface area contributed by atoms with E-state index in [0.717, 1.165) is 16.9 Å². The number of amides is 1. The molecule has 1 heterocycles. The van der Waals surface area contributed by atoms with Crippen molar-refractivity contribution < 1.29 is 9.18 Å². The first-order valence-corrected chi connectivity index (χ1v) is 8.74. The molecule has 0 saturated carbocycles. The largest absolute Gasteiger partial charge is 0.340 e. The number of benzene rings is 2. The lowest BCUT2D eigenvalue weighted by Gasteiger charge is -2.18. The summed E-state index contributed by atoms with van der Waals surface area (Å²) in [6, 6.07) is 17.7. The fraction of sp³-hybridized carbons (Fsp3) is 0.150. The maximum Gasteiger partial charge on any atom is 0.252 e. The Morgan fingerprint density at radius 2 is 1.92 bits per heavy atom. The van der Waals surface area contributed by atoms with E-state index in [2.05, 4.69) is 24.4 Å². The summed E-state index contributed by atoms with van der Waals surface area (Å²) in [6.07, 6.45) is 0.972. The van der Waals surface area contributed by atoms with Gasteiger partial charge in [0.2, 0.25) is 0 Å². The molecule has 1 aromatic heterocycles. The molecule has 1 atom stereocenters. The molecule has 0 saturated heterocycles. The highest BCUT2D eigenvalue weighted by Gasteiger charge is 2.19. The summed E-state index contributed by atoms with van der Waals surface area (Å²) in [7, 11) is 0. The Morgan fingerprint density at radius 1 is 1.12 bits per heavy atom. The number of rotatable bonds is 5. The standard InChI is InChI=1S/C20H18FNOS/c1-2-14-8-10-15(11-9-14)19(18-7-4-12-24-18)22-20(23)16-5-3-6-17(21)13-16/h3-13,19H,2H2,1H3,(H,22,23)/t19-/m0/s1. The van der Waals surface area contributed by atoms with Crippen molar-refractivity contribution in [2.75, 3.05) is 0 Å². The smallest absolute Gasteiger partial charge is 0.252 e. The van der Waals surface area contributed by atoms with Gasteiger partial charge in [-0.15, -0.1) is 11.3 Å². The van der Waals surface area contributed by atoms with E-state index in [4.69, 9.17) is 0 Å². The van der Waals surface area contributed by atoms with Crippen LogP contribution in [0, 0.1) is 5.82 Å². The maximum absolute atomic E-state index is 13.4. The Balaban J connectivity index is 1.89. The zero-order valence-corrected chi connectivity index (χ0v) is 14.1. The number of halogens is 1. The van der Waals surface area contributed by atoms with Gasteiger partial charge < -0.3 is 5.32 Å². The minimum atomic E-state index is -0.414. The lowest BCUT2D eigenvalue weighted by Crippen LogP contribution is -2.28. The summed E-state index contributed by atoms with van der Waals surface area (Å²) < 4.78 is 13.4. The third-order valence-corrected chi connectivity index (χ3v) is 4.85. The second-order valence-electron chi connectivity index (χ2n) is 5.53. The normalized spacial score (nSPS) is 11.9. The van der Waals surface area contributed by atoms with Crippen molar-refractivity contribution >= 4 is 17.2 Å². The number of nitrogens with one attached hydrogen (secondary N) is 1. The van der Waals surface area contributed by atoms with Gasteiger partial charge in [0.05, 0.1) is 6.04 Å². The lowest BCUT2D eigenvalue weighted by atomic mass is 10.0. The third-order valence-electron chi connectivity index (χ3n) is 3.91. The number of hydrogen-bond acceptors (Lipinski definition) is 2. The molecule has 0 aliphatic rings. The molecule has 1 N–H and O–H groups in total. The molecular formula is C20H18FNOS. The fourth-order valence-corrected chi connectivity index (χ4v) is 3.37. The molecule has 0 bridgehead atoms. The van der Waals surface area contributed by atoms with Crippen molar-refractivity contribution in [2.45, 2.75) is 19.4 Å². The van der Waals surface area contributed by atoms with E-state index in [1.165, 1.54) is 17.7 Å². The van der Waals surface area contributed by atoms with Crippen LogP contribution in [0.5, 0.6) is 0 Å². The van der Waals surface area contributed by atoms with Crippen molar-refractivity contribution in [3.8, 4) is 0 Å². The van der Waals surface area contributed by atoms with Crippen LogP contribution in [0.3, 0.4) is 0 Å². The lowest BCUT2D eigenvalue weighted by molar-refractivity contribution is 0.0943. The predicted octanol–water partition coefficient (Wildman–Crippen LogP) is 4.97. The van der Waals surface area contributed by atoms with Crippen LogP contribution < -0.4 is 5.32 Å². The summed E-state index contributed by atoms with van der Waals surface area (Å²) in [5, 5.41) is 5.00. The van der Waals surface area contributed by atoms with Crippen LogP contribution in [0.2, 0.25) is 0 Å². The first-order chi connectivity index (χ1) is 11.7. The minimum absolute atomic E-state index is 0.244. The highest BCUT2D eigenvalue weighted by atomic mass is 32.1. The van der Waals surface area contributed by atoms with Crippen LogP contribution >= 0.6 is 11.3 Å². The Morgan fingerprint density at radius 3 is 2.54 bits per heavy atom. The molecule has 2 aromatic carbocycles. The van der Waals surface area contributed by atoms with Crippen LogP contribution in [0.25, 0.3) is 0 Å². The van der Waals surface area contributed by atoms with E-state index < -0.39 is 5.82 Å². The van der Waals surface area contributed by atoms with Crippen molar-refractivity contribution in [1.82, 2.24) is 5.32 Å². The van der Waals surface area contributed by atoms with Gasteiger partial charge in [-0.05, 0) is 47.2 Å². The van der Waals surface area contributed by atoms with E-state index >= 15 is 0 Å². The molecule has 0 aliphatic carbocycles. The zero-order chi connectivity index (χ0) is 16.9. The summed E-state index contributed by atoms with van der Waals surface area (Å²) in [5.41, 5.74) is 2.58. The summed E-state index contributed by atoms with van der Waals surface area (Å²) in [5.74, 6) is -0.699. The molecule has 0 fully saturated rings. The van der Waals surface area contributed by atoms with Crippen LogP contribution in [0.1, 0.15) is 39.3 Å². The molecule has 0 radical (unpaired) electrons. The van der Waals surface area contributed by atoms with E-state index in [1.807, 2.05) is 29.6 Å². The Labute approximate surface area is 145 Å². The number of hydrogen-bond donors (Lipinski definition) is 1. The van der Waals surface area contributed by atoms with Gasteiger partial charge in [-0.2, -0.15) is 0 Å². The average Bonchev–Trinajstić information content (AvgIpc) is 3.14. The van der Waals surface area contributed by atoms with Gasteiger partial charge in [0.1, 0.15) is 5.82 Å². The maximum atomic E-state index is 13.4. The molecule has 1 amide bonds. The summed E-state index contributed by atoms with van der Waals surface area (Å²) in [6.45, 7) is 2.11. The monoisotopic (exact) mass is 339 g/mol. The average molecular weight is 339 g/mol. The second-order valence-corrected chi connectivity index (χ2v) is 6.51. The van der Waals surface area contributed by atoms with Gasteiger partial charge in [-0.25, -0.2) is 4.39 Å². The van der Waals surface area contributed by atoms with Gasteiger partial charge in [0.15, 0.2) is 0 Å². The molecule has 0 aliphatic heterocycles. The molecular weight excluding hydrogens is 321 g/mol. The number of carbonyl (C=O) groups excluding carboxylic acids is 1. The molecule has 2 nitrogen and oxygen atoms in total. The quantitative estimate of drug-likeness (QED) is 0.699. The first-order valence-electron chi connectivity index (χ1n) is 7.86. The van der Waals surface area contributed by atoms with Crippen molar-refractivity contribution in [2.24, 2.45) is 0 Å². The van der Waals surface area contributed by atoms with Crippen LogP contribution in [0.15, 0.2) is 66.0 Å². The first kappa shape index (κ1) is 16.4. The molecule has 0 unspecified atom stereocenters. The topological polar surface area (TPSA) is 29.1 Å². The fourth-order valence-electron chi connectivity index (χ4n) is 2.56. The number of aryl methyl sites for hydroxylation is 1. The number of carbonyl (C=O) groups is 1. The van der Waals surface area contributed by atoms with Crippen molar-refractivity contribution in [1.29, 1.82) is 0 Å².